The van der Waals surface area contributed by atoms with Crippen molar-refractivity contribution >= 4 is 11.6 Å². The summed E-state index contributed by atoms with van der Waals surface area (Å²) in [6.07, 6.45) is 4.20. The molecule has 1 aliphatic heterocycles. The molecule has 0 saturated carbocycles. The molecule has 1 atom stereocenters. The van der Waals surface area contributed by atoms with Crippen molar-refractivity contribution in [2.24, 2.45) is 0 Å². The molecule has 3 heteroatoms. The molecule has 0 aromatic heterocycles. The van der Waals surface area contributed by atoms with Gasteiger partial charge in [0.1, 0.15) is 0 Å². The molecule has 0 N–H and O–H groups in total. The fourth-order valence-corrected chi connectivity index (χ4v) is 4.33. The molecule has 0 spiro atoms. The number of fused-ring (bicyclic) bond motifs is 2. The Bertz CT molecular complexity index is 760. The highest BCUT2D eigenvalue weighted by molar-refractivity contribution is 5.96. The zero-order valence-corrected chi connectivity index (χ0v) is 15.1. The van der Waals surface area contributed by atoms with E-state index in [1.165, 1.54) is 16.7 Å². The molecular formula is C22H26N2O. The smallest absolute Gasteiger partial charge is 0.241 e. The van der Waals surface area contributed by atoms with Crippen LogP contribution in [0, 0.1) is 0 Å². The molecule has 3 nitrogen and oxygen atoms in total. The van der Waals surface area contributed by atoms with Crippen molar-refractivity contribution in [3.05, 3.63) is 65.2 Å². The summed E-state index contributed by atoms with van der Waals surface area (Å²) in [7, 11) is 2.09. The van der Waals surface area contributed by atoms with Crippen LogP contribution < -0.4 is 4.90 Å². The highest BCUT2D eigenvalue weighted by Crippen LogP contribution is 2.31. The molecule has 0 radical (unpaired) electrons. The van der Waals surface area contributed by atoms with Crippen LogP contribution in [0.25, 0.3) is 0 Å². The number of hydrogen-bond donors (Lipinski definition) is 0. The Balaban J connectivity index is 1.47. The summed E-state index contributed by atoms with van der Waals surface area (Å²) in [5, 5.41) is 0. The van der Waals surface area contributed by atoms with Gasteiger partial charge in [0.15, 0.2) is 0 Å². The summed E-state index contributed by atoms with van der Waals surface area (Å²) in [6.45, 7) is 2.65. The standard InChI is InChI=1S/C22H26N2O/c1-16-11-12-17-7-5-6-10-21(17)24(16)22(25)15-23(2)20-13-18-8-3-4-9-19(18)14-20/h3-10,16,20H,11-15H2,1-2H3. The van der Waals surface area contributed by atoms with Gasteiger partial charge in [-0.3, -0.25) is 9.69 Å². The van der Waals surface area contributed by atoms with Crippen LogP contribution in [0.2, 0.25) is 0 Å². The first-order valence-electron chi connectivity index (χ1n) is 9.30. The van der Waals surface area contributed by atoms with Crippen molar-refractivity contribution in [2.75, 3.05) is 18.5 Å². The Morgan fingerprint density at radius 1 is 1.04 bits per heavy atom. The maximum atomic E-state index is 13.1. The van der Waals surface area contributed by atoms with Crippen LogP contribution in [0.4, 0.5) is 5.69 Å². The van der Waals surface area contributed by atoms with E-state index < -0.39 is 0 Å². The molecule has 0 fully saturated rings. The average Bonchev–Trinajstić information content (AvgIpc) is 3.05. The van der Waals surface area contributed by atoms with E-state index in [0.29, 0.717) is 12.6 Å². The van der Waals surface area contributed by atoms with Crippen molar-refractivity contribution in [3.63, 3.8) is 0 Å². The van der Waals surface area contributed by atoms with E-state index in [2.05, 4.69) is 61.3 Å². The molecule has 1 aliphatic carbocycles. The van der Waals surface area contributed by atoms with Gasteiger partial charge in [-0.05, 0) is 62.4 Å². The van der Waals surface area contributed by atoms with Crippen LogP contribution in [0.3, 0.4) is 0 Å². The predicted octanol–water partition coefficient (Wildman–Crippen LogP) is 3.45. The van der Waals surface area contributed by atoms with Gasteiger partial charge in [0, 0.05) is 17.8 Å². The lowest BCUT2D eigenvalue weighted by molar-refractivity contribution is -0.120. The number of anilines is 1. The lowest BCUT2D eigenvalue weighted by Gasteiger charge is -2.37. The number of para-hydroxylation sites is 1. The maximum Gasteiger partial charge on any atom is 0.241 e. The summed E-state index contributed by atoms with van der Waals surface area (Å²) in [5.74, 6) is 0.220. The Morgan fingerprint density at radius 2 is 1.64 bits per heavy atom. The van der Waals surface area contributed by atoms with Gasteiger partial charge < -0.3 is 4.90 Å². The number of carbonyl (C=O) groups excluding carboxylic acids is 1. The van der Waals surface area contributed by atoms with Crippen LogP contribution in [0.1, 0.15) is 30.0 Å². The highest BCUT2D eigenvalue weighted by Gasteiger charge is 2.31. The zero-order chi connectivity index (χ0) is 17.4. The molecule has 2 aromatic rings. The molecule has 25 heavy (non-hydrogen) atoms. The van der Waals surface area contributed by atoms with Crippen LogP contribution in [0.5, 0.6) is 0 Å². The van der Waals surface area contributed by atoms with Gasteiger partial charge in [0.2, 0.25) is 5.91 Å². The molecule has 4 rings (SSSR count). The molecule has 130 valence electrons. The molecule has 0 saturated heterocycles. The minimum atomic E-state index is 0.220. The Labute approximate surface area is 150 Å². The summed E-state index contributed by atoms with van der Waals surface area (Å²) >= 11 is 0. The number of likely N-dealkylation sites (N-methyl/N-ethyl adjacent to an activating group) is 1. The first-order valence-corrected chi connectivity index (χ1v) is 9.30. The van der Waals surface area contributed by atoms with E-state index in [1.807, 2.05) is 11.0 Å². The molecule has 1 amide bonds. The van der Waals surface area contributed by atoms with Gasteiger partial charge in [-0.25, -0.2) is 0 Å². The number of hydrogen-bond acceptors (Lipinski definition) is 2. The molecule has 0 bridgehead atoms. The Morgan fingerprint density at radius 3 is 2.32 bits per heavy atom. The van der Waals surface area contributed by atoms with E-state index in [1.54, 1.807) is 0 Å². The van der Waals surface area contributed by atoms with Crippen LogP contribution in [-0.4, -0.2) is 36.5 Å². The quantitative estimate of drug-likeness (QED) is 0.858. The van der Waals surface area contributed by atoms with Gasteiger partial charge >= 0.3 is 0 Å². The van der Waals surface area contributed by atoms with Gasteiger partial charge in [0.25, 0.3) is 0 Å². The highest BCUT2D eigenvalue weighted by atomic mass is 16.2. The van der Waals surface area contributed by atoms with Crippen molar-refractivity contribution in [3.8, 4) is 0 Å². The topological polar surface area (TPSA) is 23.6 Å². The second kappa shape index (κ2) is 6.64. The Kier molecular flexibility index (Phi) is 4.34. The molecule has 1 heterocycles. The second-order valence-electron chi connectivity index (χ2n) is 7.53. The fourth-order valence-electron chi connectivity index (χ4n) is 4.33. The SMILES string of the molecule is CC1CCc2ccccc2N1C(=O)CN(C)C1Cc2ccccc2C1. The summed E-state index contributed by atoms with van der Waals surface area (Å²) in [4.78, 5) is 17.4. The van der Waals surface area contributed by atoms with E-state index in [4.69, 9.17) is 0 Å². The molecule has 2 aromatic carbocycles. The zero-order valence-electron chi connectivity index (χ0n) is 15.1. The van der Waals surface area contributed by atoms with Crippen molar-refractivity contribution in [1.82, 2.24) is 4.90 Å². The minimum Gasteiger partial charge on any atom is -0.308 e. The normalized spacial score (nSPS) is 19.8. The third-order valence-corrected chi connectivity index (χ3v) is 5.83. The lowest BCUT2D eigenvalue weighted by Crippen LogP contribution is -2.48. The lowest BCUT2D eigenvalue weighted by atomic mass is 9.96. The first-order chi connectivity index (χ1) is 12.1. The van der Waals surface area contributed by atoms with Crippen molar-refractivity contribution in [2.45, 2.75) is 44.7 Å². The van der Waals surface area contributed by atoms with Crippen molar-refractivity contribution < 1.29 is 4.79 Å². The number of nitrogens with zero attached hydrogens (tertiary/aromatic N) is 2. The van der Waals surface area contributed by atoms with Gasteiger partial charge in [-0.2, -0.15) is 0 Å². The second-order valence-corrected chi connectivity index (χ2v) is 7.53. The third kappa shape index (κ3) is 3.09. The predicted molar refractivity (Wildman–Crippen MR) is 102 cm³/mol. The molecular weight excluding hydrogens is 308 g/mol. The number of rotatable bonds is 3. The fraction of sp³-hybridized carbons (Fsp3) is 0.409. The van der Waals surface area contributed by atoms with E-state index in [-0.39, 0.29) is 11.9 Å². The van der Waals surface area contributed by atoms with Gasteiger partial charge in [-0.1, -0.05) is 42.5 Å². The monoisotopic (exact) mass is 334 g/mol. The maximum absolute atomic E-state index is 13.1. The number of carbonyl (C=O) groups is 1. The minimum absolute atomic E-state index is 0.220. The van der Waals surface area contributed by atoms with Crippen LogP contribution >= 0.6 is 0 Å². The first kappa shape index (κ1) is 16.3. The van der Waals surface area contributed by atoms with Crippen LogP contribution in [-0.2, 0) is 24.1 Å². The average molecular weight is 334 g/mol. The van der Waals surface area contributed by atoms with E-state index >= 15 is 0 Å². The molecule has 2 aliphatic rings. The summed E-state index contributed by atoms with van der Waals surface area (Å²) in [6, 6.07) is 17.7. The van der Waals surface area contributed by atoms with Gasteiger partial charge in [-0.15, -0.1) is 0 Å². The molecule has 1 unspecified atom stereocenters. The summed E-state index contributed by atoms with van der Waals surface area (Å²) in [5.41, 5.74) is 5.27. The van der Waals surface area contributed by atoms with E-state index in [9.17, 15) is 4.79 Å². The third-order valence-electron chi connectivity index (χ3n) is 5.83. The Hall–Kier alpha value is -2.13. The number of benzene rings is 2. The number of aryl methyl sites for hydroxylation is 1. The van der Waals surface area contributed by atoms with Gasteiger partial charge in [0.05, 0.1) is 6.54 Å². The largest absolute Gasteiger partial charge is 0.308 e. The van der Waals surface area contributed by atoms with E-state index in [0.717, 1.165) is 31.4 Å². The van der Waals surface area contributed by atoms with Crippen LogP contribution in [0.15, 0.2) is 48.5 Å². The van der Waals surface area contributed by atoms with Crippen molar-refractivity contribution in [1.29, 1.82) is 0 Å². The summed E-state index contributed by atoms with van der Waals surface area (Å²) < 4.78 is 0. The number of amides is 1.